The van der Waals surface area contributed by atoms with E-state index in [9.17, 15) is 0 Å². The van der Waals surface area contributed by atoms with Crippen molar-refractivity contribution in [2.75, 3.05) is 0 Å². The zero-order valence-corrected chi connectivity index (χ0v) is 46.4. The lowest BCUT2D eigenvalue weighted by molar-refractivity contribution is 0.660. The monoisotopic (exact) mass is 1040 g/mol. The third-order valence-electron chi connectivity index (χ3n) is 19.2. The zero-order chi connectivity index (χ0) is 54.6. The normalized spacial score (nSPS) is 13.8. The van der Waals surface area contributed by atoms with Gasteiger partial charge in [0.05, 0.1) is 0 Å². The highest BCUT2D eigenvalue weighted by Gasteiger charge is 2.38. The number of benzene rings is 15. The van der Waals surface area contributed by atoms with Crippen LogP contribution in [0.25, 0.3) is 153 Å². The Hall–Kier alpha value is -9.88. The van der Waals surface area contributed by atoms with Gasteiger partial charge in [0.25, 0.3) is 0 Å². The molecule has 82 heavy (non-hydrogen) atoms. The maximum Gasteiger partial charge on any atom is 0.0159 e. The van der Waals surface area contributed by atoms with Gasteiger partial charge < -0.3 is 0 Å². The summed E-state index contributed by atoms with van der Waals surface area (Å²) in [4.78, 5) is 0. The van der Waals surface area contributed by atoms with Gasteiger partial charge in [-0.25, -0.2) is 0 Å². The molecule has 0 spiro atoms. The van der Waals surface area contributed by atoms with Gasteiger partial charge in [-0.1, -0.05) is 276 Å². The number of fused-ring (bicyclic) bond motifs is 13. The molecule has 0 atom stereocenters. The van der Waals surface area contributed by atoms with Crippen LogP contribution in [0.15, 0.2) is 267 Å². The van der Waals surface area contributed by atoms with E-state index >= 15 is 0 Å². The van der Waals surface area contributed by atoms with Gasteiger partial charge in [-0.3, -0.25) is 0 Å². The van der Waals surface area contributed by atoms with E-state index in [0.29, 0.717) is 0 Å². The lowest BCUT2D eigenvalue weighted by atomic mass is 9.78. The van der Waals surface area contributed by atoms with Gasteiger partial charge >= 0.3 is 0 Å². The fraction of sp³-hybridized carbons (Fsp3) is 0.0732. The zero-order valence-electron chi connectivity index (χ0n) is 46.4. The van der Waals surface area contributed by atoms with E-state index in [1.54, 1.807) is 0 Å². The van der Waals surface area contributed by atoms with Crippen LogP contribution in [0.3, 0.4) is 0 Å². The predicted octanol–water partition coefficient (Wildman–Crippen LogP) is 22.7. The summed E-state index contributed by atoms with van der Waals surface area (Å²) in [6.07, 6.45) is 0. The van der Waals surface area contributed by atoms with Crippen LogP contribution in [0.5, 0.6) is 0 Å². The molecule has 2 aliphatic carbocycles. The second-order valence-electron chi connectivity index (χ2n) is 24.1. The first-order chi connectivity index (χ1) is 40.2. The summed E-state index contributed by atoms with van der Waals surface area (Å²) in [6.45, 7) is 9.64. The van der Waals surface area contributed by atoms with Crippen molar-refractivity contribution in [3.05, 3.63) is 289 Å². The Bertz CT molecular complexity index is 5100. The van der Waals surface area contributed by atoms with Crippen molar-refractivity contribution < 1.29 is 0 Å². The van der Waals surface area contributed by atoms with E-state index in [4.69, 9.17) is 0 Å². The van der Waals surface area contributed by atoms with Gasteiger partial charge in [0.2, 0.25) is 0 Å². The van der Waals surface area contributed by atoms with Gasteiger partial charge in [-0.2, -0.15) is 0 Å². The number of hydrogen-bond donors (Lipinski definition) is 0. The molecule has 384 valence electrons. The molecule has 0 radical (unpaired) electrons. The summed E-state index contributed by atoms with van der Waals surface area (Å²) in [7, 11) is 0. The molecule has 0 aliphatic heterocycles. The molecule has 0 heteroatoms. The molecule has 0 heterocycles. The first-order valence-electron chi connectivity index (χ1n) is 29.1. The van der Waals surface area contributed by atoms with Gasteiger partial charge in [0, 0.05) is 10.8 Å². The van der Waals surface area contributed by atoms with Crippen LogP contribution in [0.2, 0.25) is 0 Å². The van der Waals surface area contributed by atoms with Crippen molar-refractivity contribution in [3.8, 4) is 77.9 Å². The second-order valence-corrected chi connectivity index (χ2v) is 24.1. The summed E-state index contributed by atoms with van der Waals surface area (Å²) in [5, 5.41) is 17.7. The number of hydrogen-bond acceptors (Lipinski definition) is 0. The molecule has 17 rings (SSSR count). The topological polar surface area (TPSA) is 0 Å². The summed E-state index contributed by atoms with van der Waals surface area (Å²) >= 11 is 0. The molecular formula is C82H56. The van der Waals surface area contributed by atoms with Crippen molar-refractivity contribution in [1.29, 1.82) is 0 Å². The van der Waals surface area contributed by atoms with Crippen LogP contribution in [-0.2, 0) is 10.8 Å². The Morgan fingerprint density at radius 2 is 0.439 bits per heavy atom. The smallest absolute Gasteiger partial charge is 0.0159 e. The maximum absolute atomic E-state index is 2.53. The lowest BCUT2D eigenvalue weighted by Gasteiger charge is -2.25. The van der Waals surface area contributed by atoms with E-state index in [-0.39, 0.29) is 10.8 Å². The minimum atomic E-state index is -0.269. The summed E-state index contributed by atoms with van der Waals surface area (Å²) in [5.74, 6) is 0. The maximum atomic E-state index is 2.53. The van der Waals surface area contributed by atoms with Crippen LogP contribution < -0.4 is 0 Å². The predicted molar refractivity (Wildman–Crippen MR) is 351 cm³/mol. The van der Waals surface area contributed by atoms with Crippen molar-refractivity contribution in [3.63, 3.8) is 0 Å². The Kier molecular flexibility index (Phi) is 9.92. The highest BCUT2D eigenvalue weighted by molar-refractivity contribution is 6.30. The van der Waals surface area contributed by atoms with Crippen molar-refractivity contribution in [1.82, 2.24) is 0 Å². The van der Waals surface area contributed by atoms with E-state index in [1.807, 2.05) is 0 Å². The summed E-state index contributed by atoms with van der Waals surface area (Å²) in [5.41, 5.74) is 23.2. The number of rotatable bonds is 5. The van der Waals surface area contributed by atoms with E-state index in [0.717, 1.165) is 0 Å². The standard InChI is InChI=1S/C82H56/c1-81(2)71-39-20-19-25-54(71)55-43-40-50(46-72(55)81)76-61-28-9-15-34-67(61)79(68-35-16-10-29-62(68)76)80-69-36-17-11-30-63(69)77(64-31-12-18-37-70(64)80)52-42-45-57-56-44-41-51(47-73(56)82(3,4)74(57)48-52)75-59-26-7-13-32-65(59)78(66-33-14-8-27-60(66)75)58-38-21-23-49-22-5-6-24-53(49)58/h5-48H,1-4H3. The third-order valence-corrected chi connectivity index (χ3v) is 19.2. The summed E-state index contributed by atoms with van der Waals surface area (Å²) in [6, 6.07) is 101. The Labute approximate surface area is 478 Å². The van der Waals surface area contributed by atoms with Gasteiger partial charge in [0.15, 0.2) is 0 Å². The highest BCUT2D eigenvalue weighted by atomic mass is 14.4. The van der Waals surface area contributed by atoms with Crippen molar-refractivity contribution in [2.45, 2.75) is 38.5 Å². The molecule has 2 aliphatic rings. The molecule has 0 unspecified atom stereocenters. The summed E-state index contributed by atoms with van der Waals surface area (Å²) < 4.78 is 0. The van der Waals surface area contributed by atoms with Crippen LogP contribution in [0, 0.1) is 0 Å². The van der Waals surface area contributed by atoms with Gasteiger partial charge in [-0.05, 0) is 194 Å². The minimum Gasteiger partial charge on any atom is -0.0619 e. The van der Waals surface area contributed by atoms with Crippen LogP contribution >= 0.6 is 0 Å². The molecular weight excluding hydrogens is 985 g/mol. The molecule has 15 aromatic rings. The fourth-order valence-electron chi connectivity index (χ4n) is 15.5. The minimum absolute atomic E-state index is 0.103. The van der Waals surface area contributed by atoms with E-state index in [1.165, 1.54) is 176 Å². The quantitative estimate of drug-likeness (QED) is 0.151. The first-order valence-corrected chi connectivity index (χ1v) is 29.1. The van der Waals surface area contributed by atoms with Gasteiger partial charge in [-0.15, -0.1) is 0 Å². The molecule has 0 aromatic heterocycles. The molecule has 0 saturated carbocycles. The van der Waals surface area contributed by atoms with E-state index < -0.39 is 0 Å². The van der Waals surface area contributed by atoms with Crippen molar-refractivity contribution in [2.24, 2.45) is 0 Å². The Morgan fingerprint density at radius 1 is 0.183 bits per heavy atom. The fourth-order valence-corrected chi connectivity index (χ4v) is 15.5. The Balaban J connectivity index is 0.828. The van der Waals surface area contributed by atoms with Crippen LogP contribution in [0.4, 0.5) is 0 Å². The van der Waals surface area contributed by atoms with Gasteiger partial charge in [0.1, 0.15) is 0 Å². The molecule has 0 N–H and O–H groups in total. The second kappa shape index (κ2) is 17.3. The SMILES string of the molecule is CC1(C)c2ccccc2-c2ccc(-c3c4ccccc4c(-c4c5ccccc5c(-c5ccc6c(c5)C(C)(C)c5cc(-c7c8ccccc8c(-c8cccc9ccccc89)c8ccccc78)ccc5-6)c5ccccc45)c4ccccc34)cc21. The van der Waals surface area contributed by atoms with Crippen molar-refractivity contribution >= 4 is 75.4 Å². The molecule has 0 nitrogen and oxygen atoms in total. The molecule has 15 aromatic carbocycles. The molecule has 0 amide bonds. The third kappa shape index (κ3) is 6.49. The molecule has 0 bridgehead atoms. The average molecular weight is 1040 g/mol. The largest absolute Gasteiger partial charge is 0.0619 e. The molecule has 0 saturated heterocycles. The van der Waals surface area contributed by atoms with E-state index in [2.05, 4.69) is 295 Å². The molecule has 0 fully saturated rings. The lowest BCUT2D eigenvalue weighted by Crippen LogP contribution is -2.15. The first kappa shape index (κ1) is 47.0. The highest BCUT2D eigenvalue weighted by Crippen LogP contribution is 2.56. The van der Waals surface area contributed by atoms with Crippen LogP contribution in [0.1, 0.15) is 49.9 Å². The Morgan fingerprint density at radius 3 is 0.817 bits per heavy atom. The van der Waals surface area contributed by atoms with Crippen LogP contribution in [-0.4, -0.2) is 0 Å². The average Bonchev–Trinajstić information content (AvgIpc) is 4.02.